The summed E-state index contributed by atoms with van der Waals surface area (Å²) in [7, 11) is 0. The van der Waals surface area contributed by atoms with Gasteiger partial charge in [0.25, 0.3) is 0 Å². The summed E-state index contributed by atoms with van der Waals surface area (Å²) in [6, 6.07) is 5.92. The summed E-state index contributed by atoms with van der Waals surface area (Å²) in [4.78, 5) is 4.50. The van der Waals surface area contributed by atoms with Gasteiger partial charge in [0.15, 0.2) is 0 Å². The number of thiazole rings is 1. The number of hydrogen-bond donors (Lipinski definition) is 1. The number of aromatic nitrogens is 2. The predicted octanol–water partition coefficient (Wildman–Crippen LogP) is 3.57. The van der Waals surface area contributed by atoms with Crippen LogP contribution < -0.4 is 5.73 Å². The molecule has 0 aliphatic heterocycles. The van der Waals surface area contributed by atoms with Crippen LogP contribution in [0.4, 0.5) is 0 Å². The van der Waals surface area contributed by atoms with Crippen molar-refractivity contribution in [1.29, 1.82) is 0 Å². The third-order valence-corrected chi connectivity index (χ3v) is 4.31. The molecular formula is C14H14ClN3S. The highest BCUT2D eigenvalue weighted by Crippen LogP contribution is 2.26. The molecule has 0 radical (unpaired) electrons. The van der Waals surface area contributed by atoms with Gasteiger partial charge in [-0.2, -0.15) is 0 Å². The van der Waals surface area contributed by atoms with Crippen molar-refractivity contribution in [2.24, 2.45) is 5.73 Å². The van der Waals surface area contributed by atoms with Gasteiger partial charge in [-0.1, -0.05) is 17.7 Å². The molecule has 0 aliphatic carbocycles. The lowest BCUT2D eigenvalue weighted by Crippen LogP contribution is -1.98. The van der Waals surface area contributed by atoms with Crippen molar-refractivity contribution in [3.63, 3.8) is 0 Å². The van der Waals surface area contributed by atoms with Crippen LogP contribution in [0.5, 0.6) is 0 Å². The SMILES string of the molecule is Cc1csc(Cn2cc(CN)c3ccc(Cl)cc32)n1. The van der Waals surface area contributed by atoms with Gasteiger partial charge in [0.05, 0.1) is 12.1 Å². The van der Waals surface area contributed by atoms with Gasteiger partial charge in [0.1, 0.15) is 5.01 Å². The Morgan fingerprint density at radius 2 is 2.26 bits per heavy atom. The monoisotopic (exact) mass is 291 g/mol. The lowest BCUT2D eigenvalue weighted by Gasteiger charge is -2.02. The van der Waals surface area contributed by atoms with Gasteiger partial charge in [-0.3, -0.25) is 0 Å². The molecule has 19 heavy (non-hydrogen) atoms. The number of hydrogen-bond acceptors (Lipinski definition) is 3. The fourth-order valence-corrected chi connectivity index (χ4v) is 3.19. The number of aryl methyl sites for hydroxylation is 1. The van der Waals surface area contributed by atoms with E-state index in [-0.39, 0.29) is 0 Å². The molecule has 0 saturated heterocycles. The molecule has 0 bridgehead atoms. The van der Waals surface area contributed by atoms with E-state index >= 15 is 0 Å². The highest BCUT2D eigenvalue weighted by Gasteiger charge is 2.09. The molecule has 3 rings (SSSR count). The minimum absolute atomic E-state index is 0.530. The fourth-order valence-electron chi connectivity index (χ4n) is 2.26. The van der Waals surface area contributed by atoms with Crippen LogP contribution in [-0.4, -0.2) is 9.55 Å². The van der Waals surface area contributed by atoms with Crippen LogP contribution in [0.1, 0.15) is 16.3 Å². The predicted molar refractivity (Wildman–Crippen MR) is 80.8 cm³/mol. The maximum absolute atomic E-state index is 6.09. The van der Waals surface area contributed by atoms with E-state index in [9.17, 15) is 0 Å². The molecule has 3 aromatic rings. The number of rotatable bonds is 3. The lowest BCUT2D eigenvalue weighted by atomic mass is 10.2. The Balaban J connectivity index is 2.09. The third-order valence-electron chi connectivity index (χ3n) is 3.12. The number of fused-ring (bicyclic) bond motifs is 1. The average Bonchev–Trinajstić information content (AvgIpc) is 2.94. The van der Waals surface area contributed by atoms with E-state index in [2.05, 4.69) is 21.1 Å². The average molecular weight is 292 g/mol. The van der Waals surface area contributed by atoms with Gasteiger partial charge in [-0.25, -0.2) is 4.98 Å². The first-order valence-corrected chi connectivity index (χ1v) is 7.31. The van der Waals surface area contributed by atoms with Crippen molar-refractivity contribution in [3.05, 3.63) is 51.1 Å². The molecule has 2 aromatic heterocycles. The molecule has 0 unspecified atom stereocenters. The Kier molecular flexibility index (Phi) is 3.31. The van der Waals surface area contributed by atoms with Gasteiger partial charge >= 0.3 is 0 Å². The first-order valence-electron chi connectivity index (χ1n) is 6.05. The Morgan fingerprint density at radius 3 is 2.95 bits per heavy atom. The first-order chi connectivity index (χ1) is 9.17. The zero-order valence-corrected chi connectivity index (χ0v) is 12.1. The maximum atomic E-state index is 6.09. The van der Waals surface area contributed by atoms with E-state index in [0.29, 0.717) is 6.54 Å². The number of halogens is 1. The van der Waals surface area contributed by atoms with E-state index in [0.717, 1.165) is 33.3 Å². The van der Waals surface area contributed by atoms with Crippen molar-refractivity contribution < 1.29 is 0 Å². The maximum Gasteiger partial charge on any atom is 0.113 e. The van der Waals surface area contributed by atoms with E-state index in [1.54, 1.807) is 11.3 Å². The molecular weight excluding hydrogens is 278 g/mol. The second kappa shape index (κ2) is 4.96. The Morgan fingerprint density at radius 1 is 1.42 bits per heavy atom. The van der Waals surface area contributed by atoms with E-state index < -0.39 is 0 Å². The molecule has 0 aliphatic rings. The molecule has 5 heteroatoms. The summed E-state index contributed by atoms with van der Waals surface area (Å²) in [5.74, 6) is 0. The Hall–Kier alpha value is -1.36. The quantitative estimate of drug-likeness (QED) is 0.802. The summed E-state index contributed by atoms with van der Waals surface area (Å²) in [5, 5.41) is 5.07. The zero-order valence-electron chi connectivity index (χ0n) is 10.6. The molecule has 0 atom stereocenters. The number of nitrogens with two attached hydrogens (primary N) is 1. The van der Waals surface area contributed by atoms with E-state index in [1.165, 1.54) is 5.39 Å². The minimum atomic E-state index is 0.530. The van der Waals surface area contributed by atoms with Gasteiger partial charge in [-0.05, 0) is 24.6 Å². The van der Waals surface area contributed by atoms with Crippen LogP contribution in [-0.2, 0) is 13.1 Å². The summed E-state index contributed by atoms with van der Waals surface area (Å²) < 4.78 is 2.17. The van der Waals surface area contributed by atoms with Crippen molar-refractivity contribution in [3.8, 4) is 0 Å². The second-order valence-electron chi connectivity index (χ2n) is 4.53. The van der Waals surface area contributed by atoms with Crippen LogP contribution in [0.2, 0.25) is 5.02 Å². The van der Waals surface area contributed by atoms with E-state index in [1.807, 2.05) is 25.1 Å². The van der Waals surface area contributed by atoms with Gasteiger partial charge < -0.3 is 10.3 Å². The first kappa shape index (κ1) is 12.7. The largest absolute Gasteiger partial charge is 0.340 e. The smallest absolute Gasteiger partial charge is 0.113 e. The molecule has 0 saturated carbocycles. The molecule has 2 heterocycles. The van der Waals surface area contributed by atoms with Crippen molar-refractivity contribution >= 4 is 33.8 Å². The minimum Gasteiger partial charge on any atom is -0.340 e. The van der Waals surface area contributed by atoms with Gasteiger partial charge in [-0.15, -0.1) is 11.3 Å². The Bertz CT molecular complexity index is 729. The summed E-state index contributed by atoms with van der Waals surface area (Å²) in [6.45, 7) is 3.30. The number of benzene rings is 1. The summed E-state index contributed by atoms with van der Waals surface area (Å²) in [5.41, 5.74) is 9.12. The van der Waals surface area contributed by atoms with Crippen LogP contribution in [0.25, 0.3) is 10.9 Å². The fraction of sp³-hybridized carbons (Fsp3) is 0.214. The summed E-state index contributed by atoms with van der Waals surface area (Å²) in [6.07, 6.45) is 2.09. The lowest BCUT2D eigenvalue weighted by molar-refractivity contribution is 0.818. The molecule has 0 spiro atoms. The molecule has 3 nitrogen and oxygen atoms in total. The molecule has 1 aromatic carbocycles. The highest BCUT2D eigenvalue weighted by molar-refractivity contribution is 7.09. The normalized spacial score (nSPS) is 11.3. The van der Waals surface area contributed by atoms with E-state index in [4.69, 9.17) is 17.3 Å². The standard InChI is InChI=1S/C14H14ClN3S/c1-9-8-19-14(17-9)7-18-6-10(5-16)12-3-2-11(15)4-13(12)18/h2-4,6,8H,5,7,16H2,1H3. The van der Waals surface area contributed by atoms with Crippen LogP contribution in [0, 0.1) is 6.92 Å². The highest BCUT2D eigenvalue weighted by atomic mass is 35.5. The van der Waals surface area contributed by atoms with Gasteiger partial charge in [0.2, 0.25) is 0 Å². The second-order valence-corrected chi connectivity index (χ2v) is 5.91. The third kappa shape index (κ3) is 2.39. The molecule has 0 amide bonds. The van der Waals surface area contributed by atoms with Crippen LogP contribution in [0.3, 0.4) is 0 Å². The van der Waals surface area contributed by atoms with Crippen molar-refractivity contribution in [2.75, 3.05) is 0 Å². The van der Waals surface area contributed by atoms with Crippen LogP contribution >= 0.6 is 22.9 Å². The van der Waals surface area contributed by atoms with Crippen molar-refractivity contribution in [1.82, 2.24) is 9.55 Å². The van der Waals surface area contributed by atoms with Gasteiger partial charge in [0, 0.05) is 34.2 Å². The topological polar surface area (TPSA) is 43.8 Å². The molecule has 0 fully saturated rings. The zero-order chi connectivity index (χ0) is 13.4. The molecule has 2 N–H and O–H groups in total. The summed E-state index contributed by atoms with van der Waals surface area (Å²) >= 11 is 7.77. The Labute approximate surface area is 120 Å². The molecule has 98 valence electrons. The van der Waals surface area contributed by atoms with Crippen molar-refractivity contribution in [2.45, 2.75) is 20.0 Å². The van der Waals surface area contributed by atoms with Crippen LogP contribution in [0.15, 0.2) is 29.8 Å². The number of nitrogens with zero attached hydrogens (tertiary/aromatic N) is 2.